The second kappa shape index (κ2) is 6.79. The van der Waals surface area contributed by atoms with E-state index in [2.05, 4.69) is 10.6 Å². The Morgan fingerprint density at radius 2 is 2.00 bits per heavy atom. The van der Waals surface area contributed by atoms with E-state index in [1.54, 1.807) is 6.92 Å². The number of sulfone groups is 1. The third-order valence-corrected chi connectivity index (χ3v) is 2.87. The fraction of sp³-hybridized carbons (Fsp3) is 0.889. The van der Waals surface area contributed by atoms with Gasteiger partial charge in [-0.05, 0) is 6.54 Å². The highest BCUT2D eigenvalue weighted by Crippen LogP contribution is 1.92. The molecule has 1 atom stereocenters. The first-order chi connectivity index (χ1) is 6.87. The highest BCUT2D eigenvalue weighted by molar-refractivity contribution is 7.90. The van der Waals surface area contributed by atoms with Crippen LogP contribution in [-0.2, 0) is 14.6 Å². The zero-order valence-corrected chi connectivity index (χ0v) is 10.4. The van der Waals surface area contributed by atoms with Crippen LogP contribution in [0.25, 0.3) is 0 Å². The molecule has 2 N–H and O–H groups in total. The topological polar surface area (TPSA) is 75.3 Å². The molecule has 0 saturated heterocycles. The number of carbonyl (C=O) groups excluding carboxylic acids is 1. The lowest BCUT2D eigenvalue weighted by Crippen LogP contribution is -2.37. The van der Waals surface area contributed by atoms with Gasteiger partial charge in [-0.2, -0.15) is 0 Å². The Morgan fingerprint density at radius 3 is 2.47 bits per heavy atom. The van der Waals surface area contributed by atoms with Gasteiger partial charge in [0.25, 0.3) is 0 Å². The number of hydrogen-bond donors (Lipinski definition) is 2. The van der Waals surface area contributed by atoms with Crippen LogP contribution >= 0.6 is 0 Å². The second-order valence-electron chi connectivity index (χ2n) is 3.63. The molecular formula is C9H20N2O3S. The second-order valence-corrected chi connectivity index (χ2v) is 5.89. The average molecular weight is 236 g/mol. The van der Waals surface area contributed by atoms with Crippen molar-refractivity contribution in [3.63, 3.8) is 0 Å². The zero-order valence-electron chi connectivity index (χ0n) is 9.54. The fourth-order valence-electron chi connectivity index (χ4n) is 0.987. The molecule has 0 aromatic rings. The number of rotatable bonds is 7. The molecule has 0 saturated carbocycles. The number of hydrogen-bond acceptors (Lipinski definition) is 4. The van der Waals surface area contributed by atoms with Gasteiger partial charge in [0, 0.05) is 25.3 Å². The maximum absolute atomic E-state index is 11.4. The quantitative estimate of drug-likeness (QED) is 0.618. The van der Waals surface area contributed by atoms with Gasteiger partial charge < -0.3 is 10.6 Å². The molecule has 0 aliphatic rings. The van der Waals surface area contributed by atoms with Crippen LogP contribution in [-0.4, -0.2) is 46.0 Å². The number of carbonyl (C=O) groups is 1. The number of nitrogens with one attached hydrogen (secondary N) is 2. The minimum Gasteiger partial charge on any atom is -0.355 e. The predicted molar refractivity (Wildman–Crippen MR) is 60.4 cm³/mol. The maximum atomic E-state index is 11.4. The lowest BCUT2D eigenvalue weighted by molar-refractivity contribution is -0.124. The molecular weight excluding hydrogens is 216 g/mol. The molecule has 0 radical (unpaired) electrons. The first kappa shape index (κ1) is 14.4. The molecule has 0 rings (SSSR count). The highest BCUT2D eigenvalue weighted by atomic mass is 32.2. The van der Waals surface area contributed by atoms with Crippen molar-refractivity contribution in [1.82, 2.24) is 10.6 Å². The first-order valence-electron chi connectivity index (χ1n) is 5.03. The van der Waals surface area contributed by atoms with Crippen LogP contribution in [0.2, 0.25) is 0 Å². The summed E-state index contributed by atoms with van der Waals surface area (Å²) in [5.41, 5.74) is 0. The molecule has 0 spiro atoms. The number of amides is 1. The summed E-state index contributed by atoms with van der Waals surface area (Å²) < 4.78 is 21.6. The summed E-state index contributed by atoms with van der Waals surface area (Å²) in [7, 11) is -2.99. The van der Waals surface area contributed by atoms with Crippen LogP contribution in [0.5, 0.6) is 0 Å². The molecule has 0 aromatic carbocycles. The third kappa shape index (κ3) is 8.38. The molecule has 0 fully saturated rings. The van der Waals surface area contributed by atoms with Crippen LogP contribution in [0.15, 0.2) is 0 Å². The van der Waals surface area contributed by atoms with Crippen LogP contribution in [0.3, 0.4) is 0 Å². The Hall–Kier alpha value is -0.620. The van der Waals surface area contributed by atoms with E-state index in [1.807, 2.05) is 6.92 Å². The van der Waals surface area contributed by atoms with E-state index in [0.29, 0.717) is 6.54 Å². The van der Waals surface area contributed by atoms with Gasteiger partial charge in [0.2, 0.25) is 5.91 Å². The summed E-state index contributed by atoms with van der Waals surface area (Å²) in [6, 6.07) is 0. The summed E-state index contributed by atoms with van der Waals surface area (Å²) in [5.74, 6) is -0.253. The molecule has 15 heavy (non-hydrogen) atoms. The standard InChI is InChI=1S/C9H20N2O3S/c1-4-10-7-8(2)9(12)11-5-6-15(3,13)14/h8,10H,4-7H2,1-3H3,(H,11,12). The maximum Gasteiger partial charge on any atom is 0.224 e. The van der Waals surface area contributed by atoms with E-state index in [9.17, 15) is 13.2 Å². The first-order valence-corrected chi connectivity index (χ1v) is 7.09. The van der Waals surface area contributed by atoms with Crippen LogP contribution in [0, 0.1) is 5.92 Å². The minimum atomic E-state index is -2.99. The SMILES string of the molecule is CCNCC(C)C(=O)NCCS(C)(=O)=O. The summed E-state index contributed by atoms with van der Waals surface area (Å²) >= 11 is 0. The smallest absolute Gasteiger partial charge is 0.224 e. The Kier molecular flexibility index (Phi) is 6.51. The summed E-state index contributed by atoms with van der Waals surface area (Å²) in [6.07, 6.45) is 1.15. The highest BCUT2D eigenvalue weighted by Gasteiger charge is 2.12. The van der Waals surface area contributed by atoms with E-state index >= 15 is 0 Å². The van der Waals surface area contributed by atoms with Gasteiger partial charge in [-0.25, -0.2) is 8.42 Å². The van der Waals surface area contributed by atoms with Crippen molar-refractivity contribution in [2.24, 2.45) is 5.92 Å². The van der Waals surface area contributed by atoms with E-state index in [1.165, 1.54) is 0 Å². The molecule has 6 heteroatoms. The lowest BCUT2D eigenvalue weighted by Gasteiger charge is -2.11. The molecule has 5 nitrogen and oxygen atoms in total. The predicted octanol–water partition coefficient (Wildman–Crippen LogP) is -0.607. The molecule has 1 amide bonds. The molecule has 0 heterocycles. The van der Waals surface area contributed by atoms with Gasteiger partial charge in [0.15, 0.2) is 0 Å². The van der Waals surface area contributed by atoms with Gasteiger partial charge in [0.05, 0.1) is 5.75 Å². The lowest BCUT2D eigenvalue weighted by atomic mass is 10.1. The Balaban J connectivity index is 3.74. The van der Waals surface area contributed by atoms with Crippen molar-refractivity contribution in [3.05, 3.63) is 0 Å². The average Bonchev–Trinajstić information content (AvgIpc) is 2.11. The van der Waals surface area contributed by atoms with Crippen molar-refractivity contribution in [2.75, 3.05) is 31.6 Å². The van der Waals surface area contributed by atoms with E-state index in [0.717, 1.165) is 12.8 Å². The molecule has 0 aromatic heterocycles. The van der Waals surface area contributed by atoms with Gasteiger partial charge in [-0.1, -0.05) is 13.8 Å². The third-order valence-electron chi connectivity index (χ3n) is 1.92. The van der Waals surface area contributed by atoms with E-state index in [-0.39, 0.29) is 24.1 Å². The van der Waals surface area contributed by atoms with Crippen LogP contribution < -0.4 is 10.6 Å². The Bertz CT molecular complexity index is 288. The summed E-state index contributed by atoms with van der Waals surface area (Å²) in [5, 5.41) is 5.65. The summed E-state index contributed by atoms with van der Waals surface area (Å²) in [4.78, 5) is 11.4. The van der Waals surface area contributed by atoms with Crippen molar-refractivity contribution < 1.29 is 13.2 Å². The van der Waals surface area contributed by atoms with E-state index < -0.39 is 9.84 Å². The van der Waals surface area contributed by atoms with Gasteiger partial charge >= 0.3 is 0 Å². The fourth-order valence-corrected chi connectivity index (χ4v) is 1.46. The Morgan fingerprint density at radius 1 is 1.40 bits per heavy atom. The molecule has 1 unspecified atom stereocenters. The zero-order chi connectivity index (χ0) is 11.9. The molecule has 0 aliphatic heterocycles. The van der Waals surface area contributed by atoms with Crippen molar-refractivity contribution in [1.29, 1.82) is 0 Å². The van der Waals surface area contributed by atoms with Crippen molar-refractivity contribution >= 4 is 15.7 Å². The largest absolute Gasteiger partial charge is 0.355 e. The monoisotopic (exact) mass is 236 g/mol. The molecule has 0 bridgehead atoms. The molecule has 0 aliphatic carbocycles. The van der Waals surface area contributed by atoms with Gasteiger partial charge in [-0.3, -0.25) is 4.79 Å². The van der Waals surface area contributed by atoms with Crippen molar-refractivity contribution in [3.8, 4) is 0 Å². The Labute approximate surface area is 91.5 Å². The molecule has 90 valence electrons. The summed E-state index contributed by atoms with van der Waals surface area (Å²) in [6.45, 7) is 5.39. The van der Waals surface area contributed by atoms with Gasteiger partial charge in [0.1, 0.15) is 9.84 Å². The van der Waals surface area contributed by atoms with Crippen LogP contribution in [0.4, 0.5) is 0 Å². The van der Waals surface area contributed by atoms with Crippen LogP contribution in [0.1, 0.15) is 13.8 Å². The normalized spacial score (nSPS) is 13.5. The van der Waals surface area contributed by atoms with Gasteiger partial charge in [-0.15, -0.1) is 0 Å². The minimum absolute atomic E-state index is 0.00728. The van der Waals surface area contributed by atoms with E-state index in [4.69, 9.17) is 0 Å². The van der Waals surface area contributed by atoms with Crippen molar-refractivity contribution in [2.45, 2.75) is 13.8 Å².